The van der Waals surface area contributed by atoms with E-state index in [1.807, 2.05) is 0 Å². The highest BCUT2D eigenvalue weighted by Gasteiger charge is 2.13. The number of carbonyl (C=O) groups is 1. The summed E-state index contributed by atoms with van der Waals surface area (Å²) < 4.78 is 0. The summed E-state index contributed by atoms with van der Waals surface area (Å²) in [7, 11) is 0. The van der Waals surface area contributed by atoms with Gasteiger partial charge in [0.05, 0.1) is 6.10 Å². The van der Waals surface area contributed by atoms with E-state index in [1.54, 1.807) is 6.92 Å². The molecule has 0 saturated heterocycles. The van der Waals surface area contributed by atoms with Crippen molar-refractivity contribution >= 4 is 5.91 Å². The number of hydrogen-bond acceptors (Lipinski definition) is 3. The maximum Gasteiger partial charge on any atom is 0.220 e. The first-order valence-electron chi connectivity index (χ1n) is 6.10. The monoisotopic (exact) mass is 230 g/mol. The van der Waals surface area contributed by atoms with Crippen LogP contribution in [0.25, 0.3) is 0 Å². The van der Waals surface area contributed by atoms with Gasteiger partial charge in [0.2, 0.25) is 5.91 Å². The van der Waals surface area contributed by atoms with Crippen LogP contribution < -0.4 is 11.1 Å². The minimum atomic E-state index is -0.360. The van der Waals surface area contributed by atoms with Crippen LogP contribution in [0.2, 0.25) is 0 Å². The van der Waals surface area contributed by atoms with Crippen molar-refractivity contribution in [1.82, 2.24) is 5.32 Å². The predicted octanol–water partition coefficient (Wildman–Crippen LogP) is 0.885. The second-order valence-electron chi connectivity index (χ2n) is 4.92. The van der Waals surface area contributed by atoms with Crippen molar-refractivity contribution in [3.8, 4) is 0 Å². The van der Waals surface area contributed by atoms with Crippen LogP contribution in [0.5, 0.6) is 0 Å². The Kier molecular flexibility index (Phi) is 8.21. The van der Waals surface area contributed by atoms with E-state index in [0.29, 0.717) is 31.8 Å². The molecule has 0 rings (SSSR count). The summed E-state index contributed by atoms with van der Waals surface area (Å²) in [5.74, 6) is 0.877. The lowest BCUT2D eigenvalue weighted by Crippen LogP contribution is -2.30. The van der Waals surface area contributed by atoms with Gasteiger partial charge in [0.25, 0.3) is 0 Å². The van der Waals surface area contributed by atoms with Crippen LogP contribution in [-0.2, 0) is 4.79 Å². The largest absolute Gasteiger partial charge is 0.393 e. The molecule has 4 heteroatoms. The molecule has 0 radical (unpaired) electrons. The number of carbonyl (C=O) groups excluding carboxylic acids is 1. The number of rotatable bonds is 8. The first kappa shape index (κ1) is 15.4. The average molecular weight is 230 g/mol. The molecule has 0 aromatic carbocycles. The molecule has 0 aliphatic carbocycles. The third kappa shape index (κ3) is 8.68. The summed E-state index contributed by atoms with van der Waals surface area (Å²) in [4.78, 5) is 11.5. The second kappa shape index (κ2) is 8.53. The van der Waals surface area contributed by atoms with Crippen LogP contribution in [0.4, 0.5) is 0 Å². The van der Waals surface area contributed by atoms with Gasteiger partial charge in [0.1, 0.15) is 0 Å². The Bertz CT molecular complexity index is 193. The first-order valence-corrected chi connectivity index (χ1v) is 6.10. The average Bonchev–Trinajstić information content (AvgIpc) is 2.15. The van der Waals surface area contributed by atoms with Gasteiger partial charge in [-0.2, -0.15) is 0 Å². The zero-order valence-electron chi connectivity index (χ0n) is 10.7. The maximum absolute atomic E-state index is 11.5. The summed E-state index contributed by atoms with van der Waals surface area (Å²) in [6, 6.07) is 0. The van der Waals surface area contributed by atoms with E-state index in [1.165, 1.54) is 0 Å². The van der Waals surface area contributed by atoms with Gasteiger partial charge in [-0.3, -0.25) is 4.79 Å². The van der Waals surface area contributed by atoms with Crippen molar-refractivity contribution in [2.75, 3.05) is 13.1 Å². The van der Waals surface area contributed by atoms with Crippen molar-refractivity contribution in [3.05, 3.63) is 0 Å². The number of nitrogens with two attached hydrogens (primary N) is 1. The fraction of sp³-hybridized carbons (Fsp3) is 0.917. The summed E-state index contributed by atoms with van der Waals surface area (Å²) in [6.07, 6.45) is 1.72. The quantitative estimate of drug-likeness (QED) is 0.579. The predicted molar refractivity (Wildman–Crippen MR) is 65.9 cm³/mol. The topological polar surface area (TPSA) is 75.4 Å². The van der Waals surface area contributed by atoms with Crippen molar-refractivity contribution in [2.24, 2.45) is 17.6 Å². The number of aliphatic hydroxyl groups excluding tert-OH is 1. The summed E-state index contributed by atoms with van der Waals surface area (Å²) >= 11 is 0. The fourth-order valence-electron chi connectivity index (χ4n) is 1.68. The van der Waals surface area contributed by atoms with Gasteiger partial charge in [-0.15, -0.1) is 0 Å². The molecular weight excluding hydrogens is 204 g/mol. The van der Waals surface area contributed by atoms with Gasteiger partial charge in [-0.1, -0.05) is 13.8 Å². The Balaban J connectivity index is 3.74. The van der Waals surface area contributed by atoms with Crippen LogP contribution in [-0.4, -0.2) is 30.2 Å². The van der Waals surface area contributed by atoms with E-state index < -0.39 is 0 Å². The highest BCUT2D eigenvalue weighted by atomic mass is 16.3. The highest BCUT2D eigenvalue weighted by molar-refractivity contribution is 5.76. The Morgan fingerprint density at radius 3 is 2.44 bits per heavy atom. The summed E-state index contributed by atoms with van der Waals surface area (Å²) in [5.41, 5.74) is 5.63. The minimum absolute atomic E-state index is 0.0387. The molecule has 0 aliphatic rings. The fourth-order valence-corrected chi connectivity index (χ4v) is 1.68. The van der Waals surface area contributed by atoms with E-state index in [2.05, 4.69) is 19.2 Å². The SMILES string of the molecule is CC(C)CC(CN)CC(=O)NCCC(C)O. The second-order valence-corrected chi connectivity index (χ2v) is 4.92. The van der Waals surface area contributed by atoms with Crippen LogP contribution in [0, 0.1) is 11.8 Å². The van der Waals surface area contributed by atoms with E-state index >= 15 is 0 Å². The van der Waals surface area contributed by atoms with E-state index in [-0.39, 0.29) is 17.9 Å². The van der Waals surface area contributed by atoms with Crippen molar-refractivity contribution in [3.63, 3.8) is 0 Å². The van der Waals surface area contributed by atoms with Gasteiger partial charge in [-0.05, 0) is 38.1 Å². The number of hydrogen-bond donors (Lipinski definition) is 3. The molecule has 0 heterocycles. The van der Waals surface area contributed by atoms with Crippen LogP contribution in [0.15, 0.2) is 0 Å². The van der Waals surface area contributed by atoms with Crippen LogP contribution >= 0.6 is 0 Å². The van der Waals surface area contributed by atoms with Crippen molar-refractivity contribution in [1.29, 1.82) is 0 Å². The summed E-state index contributed by atoms with van der Waals surface area (Å²) in [6.45, 7) is 7.08. The molecule has 0 saturated carbocycles. The first-order chi connectivity index (χ1) is 7.45. The molecule has 1 amide bonds. The third-order valence-electron chi connectivity index (χ3n) is 2.50. The minimum Gasteiger partial charge on any atom is -0.393 e. The van der Waals surface area contributed by atoms with Gasteiger partial charge in [-0.25, -0.2) is 0 Å². The lowest BCUT2D eigenvalue weighted by Gasteiger charge is -2.16. The summed E-state index contributed by atoms with van der Waals surface area (Å²) in [5, 5.41) is 11.8. The molecule has 0 bridgehead atoms. The van der Waals surface area contributed by atoms with Gasteiger partial charge >= 0.3 is 0 Å². The lowest BCUT2D eigenvalue weighted by molar-refractivity contribution is -0.122. The molecular formula is C12H26N2O2. The molecule has 0 aromatic rings. The van der Waals surface area contributed by atoms with Crippen LogP contribution in [0.1, 0.15) is 40.0 Å². The smallest absolute Gasteiger partial charge is 0.220 e. The normalized spacial score (nSPS) is 14.9. The van der Waals surface area contributed by atoms with Gasteiger partial charge in [0.15, 0.2) is 0 Å². The molecule has 96 valence electrons. The Hall–Kier alpha value is -0.610. The number of aliphatic hydroxyl groups is 1. The number of amides is 1. The Morgan fingerprint density at radius 2 is 2.00 bits per heavy atom. The number of nitrogens with one attached hydrogen (secondary N) is 1. The van der Waals surface area contributed by atoms with Gasteiger partial charge in [0, 0.05) is 13.0 Å². The molecule has 2 atom stereocenters. The van der Waals surface area contributed by atoms with Gasteiger partial charge < -0.3 is 16.2 Å². The molecule has 0 aromatic heterocycles. The zero-order chi connectivity index (χ0) is 12.6. The van der Waals surface area contributed by atoms with E-state index in [9.17, 15) is 4.79 Å². The zero-order valence-corrected chi connectivity index (χ0v) is 10.7. The molecule has 2 unspecified atom stereocenters. The third-order valence-corrected chi connectivity index (χ3v) is 2.50. The van der Waals surface area contributed by atoms with Crippen LogP contribution in [0.3, 0.4) is 0 Å². The molecule has 16 heavy (non-hydrogen) atoms. The Labute approximate surface area is 98.6 Å². The van der Waals surface area contributed by atoms with Crippen molar-refractivity contribution < 1.29 is 9.90 Å². The van der Waals surface area contributed by atoms with E-state index in [0.717, 1.165) is 6.42 Å². The van der Waals surface area contributed by atoms with E-state index in [4.69, 9.17) is 10.8 Å². The lowest BCUT2D eigenvalue weighted by atomic mass is 9.94. The highest BCUT2D eigenvalue weighted by Crippen LogP contribution is 2.13. The molecule has 0 fully saturated rings. The standard InChI is InChI=1S/C12H26N2O2/c1-9(2)6-11(8-13)7-12(16)14-5-4-10(3)15/h9-11,15H,4-8,13H2,1-3H3,(H,14,16). The molecule has 4 nitrogen and oxygen atoms in total. The molecule has 0 aliphatic heterocycles. The molecule has 0 spiro atoms. The maximum atomic E-state index is 11.5. The Morgan fingerprint density at radius 1 is 1.38 bits per heavy atom. The molecule has 4 N–H and O–H groups in total. The van der Waals surface area contributed by atoms with Crippen molar-refractivity contribution in [2.45, 2.75) is 46.1 Å².